The topological polar surface area (TPSA) is 48.0 Å². The number of para-hydroxylation sites is 2. The van der Waals surface area contributed by atoms with Crippen molar-refractivity contribution in [3.05, 3.63) is 188 Å². The van der Waals surface area contributed by atoms with E-state index in [2.05, 4.69) is 161 Å². The fourth-order valence-corrected chi connectivity index (χ4v) is 11.2. The maximum Gasteiger partial charge on any atom is 0.164 e. The summed E-state index contributed by atoms with van der Waals surface area (Å²) in [4.78, 5) is 15.5. The average Bonchev–Trinajstić information content (AvgIpc) is 4.07. The van der Waals surface area contributed by atoms with Crippen LogP contribution in [0.2, 0.25) is 0 Å². The first-order valence-corrected chi connectivity index (χ1v) is 21.4. The van der Waals surface area contributed by atoms with E-state index in [0.717, 1.165) is 33.4 Å². The van der Waals surface area contributed by atoms with E-state index in [1.807, 2.05) is 47.7 Å². The van der Waals surface area contributed by atoms with Crippen molar-refractivity contribution in [3.8, 4) is 39.9 Å². The highest BCUT2D eigenvalue weighted by Gasteiger charge is 2.24. The molecule has 9 aromatic carbocycles. The van der Waals surface area contributed by atoms with Gasteiger partial charge in [-0.15, -0.1) is 11.3 Å². The van der Waals surface area contributed by atoms with Gasteiger partial charge in [-0.25, -0.2) is 15.0 Å². The van der Waals surface area contributed by atoms with Gasteiger partial charge in [-0.05, 0) is 53.2 Å². The molecule has 0 saturated heterocycles. The highest BCUT2D eigenvalue weighted by molar-refractivity contribution is 7.26. The largest absolute Gasteiger partial charge is 0.308 e. The summed E-state index contributed by atoms with van der Waals surface area (Å²) in [7, 11) is 0. The average molecular weight is 794 g/mol. The number of thiophene rings is 1. The second-order valence-electron chi connectivity index (χ2n) is 16.0. The van der Waals surface area contributed by atoms with Crippen LogP contribution in [0, 0.1) is 0 Å². The molecule has 0 spiro atoms. The van der Waals surface area contributed by atoms with Crippen LogP contribution in [-0.4, -0.2) is 23.9 Å². The summed E-state index contributed by atoms with van der Waals surface area (Å²) < 4.78 is 7.43. The zero-order valence-corrected chi connectivity index (χ0v) is 33.4. The molecule has 0 aliphatic carbocycles. The third-order valence-electron chi connectivity index (χ3n) is 12.7. The number of fused-ring (bicyclic) bond motifs is 14. The van der Waals surface area contributed by atoms with Crippen LogP contribution in [0.25, 0.3) is 131 Å². The number of rotatable bonds is 4. The molecule has 61 heavy (non-hydrogen) atoms. The van der Waals surface area contributed by atoms with Crippen LogP contribution < -0.4 is 0 Å². The summed E-state index contributed by atoms with van der Waals surface area (Å²) in [5.41, 5.74) is 9.95. The van der Waals surface area contributed by atoms with Crippen molar-refractivity contribution < 1.29 is 0 Å². The first kappa shape index (κ1) is 33.0. The van der Waals surface area contributed by atoms with Crippen LogP contribution in [0.3, 0.4) is 0 Å². The Kier molecular flexibility index (Phi) is 6.65. The SMILES string of the molecule is c1ccc(-c2nc(-c3ccccc3)nc(-c3cc(-n4c5cc6c(cc5c5c7ccccc7ccc54)c4cccc5c7ccccc7n6c54)c4c(c3)sc3ccccc34)n2)cc1. The van der Waals surface area contributed by atoms with Gasteiger partial charge < -0.3 is 8.97 Å². The third-order valence-corrected chi connectivity index (χ3v) is 13.8. The number of nitrogens with zero attached hydrogens (tertiary/aromatic N) is 5. The van der Waals surface area contributed by atoms with Gasteiger partial charge in [0.2, 0.25) is 0 Å². The lowest BCUT2D eigenvalue weighted by Gasteiger charge is -2.14. The van der Waals surface area contributed by atoms with Gasteiger partial charge in [-0.1, -0.05) is 146 Å². The number of aromatic nitrogens is 5. The molecule has 0 atom stereocenters. The zero-order chi connectivity index (χ0) is 39.8. The highest BCUT2D eigenvalue weighted by Crippen LogP contribution is 2.47. The number of hydrogen-bond donors (Lipinski definition) is 0. The van der Waals surface area contributed by atoms with Gasteiger partial charge in [-0.3, -0.25) is 0 Å². The van der Waals surface area contributed by atoms with Gasteiger partial charge in [0.25, 0.3) is 0 Å². The normalized spacial score (nSPS) is 12.3. The van der Waals surface area contributed by atoms with Crippen LogP contribution >= 0.6 is 11.3 Å². The summed E-state index contributed by atoms with van der Waals surface area (Å²) in [5, 5.41) is 12.5. The summed E-state index contributed by atoms with van der Waals surface area (Å²) >= 11 is 1.82. The Balaban J connectivity index is 1.15. The van der Waals surface area contributed by atoms with Crippen LogP contribution in [0.1, 0.15) is 0 Å². The Morgan fingerprint density at radius 1 is 0.344 bits per heavy atom. The minimum atomic E-state index is 0.636. The minimum absolute atomic E-state index is 0.636. The van der Waals surface area contributed by atoms with E-state index in [9.17, 15) is 0 Å². The van der Waals surface area contributed by atoms with E-state index in [1.165, 1.54) is 79.8 Å². The highest BCUT2D eigenvalue weighted by atomic mass is 32.1. The maximum atomic E-state index is 5.23. The Bertz CT molecular complexity index is 4050. The van der Waals surface area contributed by atoms with E-state index in [1.54, 1.807) is 0 Å². The van der Waals surface area contributed by atoms with Gasteiger partial charge in [0.05, 0.1) is 33.3 Å². The second-order valence-corrected chi connectivity index (χ2v) is 17.0. The molecule has 5 nitrogen and oxygen atoms in total. The molecule has 14 aromatic rings. The van der Waals surface area contributed by atoms with Crippen LogP contribution in [0.4, 0.5) is 0 Å². The molecule has 5 aromatic heterocycles. The second kappa shape index (κ2) is 12.3. The fourth-order valence-electron chi connectivity index (χ4n) is 10.0. The molecule has 0 radical (unpaired) electrons. The molecule has 6 heteroatoms. The van der Waals surface area contributed by atoms with Crippen molar-refractivity contribution in [2.24, 2.45) is 0 Å². The van der Waals surface area contributed by atoms with E-state index in [-0.39, 0.29) is 0 Å². The van der Waals surface area contributed by atoms with Crippen LogP contribution in [0.15, 0.2) is 188 Å². The quantitative estimate of drug-likeness (QED) is 0.178. The van der Waals surface area contributed by atoms with Gasteiger partial charge in [-0.2, -0.15) is 0 Å². The van der Waals surface area contributed by atoms with E-state index < -0.39 is 0 Å². The molecule has 0 amide bonds. The first-order chi connectivity index (χ1) is 30.2. The van der Waals surface area contributed by atoms with Crippen LogP contribution in [0.5, 0.6) is 0 Å². The monoisotopic (exact) mass is 793 g/mol. The van der Waals surface area contributed by atoms with Gasteiger partial charge in [0.15, 0.2) is 17.5 Å². The van der Waals surface area contributed by atoms with Crippen molar-refractivity contribution in [1.29, 1.82) is 0 Å². The van der Waals surface area contributed by atoms with Crippen molar-refractivity contribution in [2.75, 3.05) is 0 Å². The lowest BCUT2D eigenvalue weighted by atomic mass is 10.0. The molecule has 282 valence electrons. The molecular formula is C55H31N5S. The predicted octanol–water partition coefficient (Wildman–Crippen LogP) is 14.6. The molecule has 0 saturated carbocycles. The Morgan fingerprint density at radius 3 is 1.74 bits per heavy atom. The molecule has 0 bridgehead atoms. The molecular weight excluding hydrogens is 763 g/mol. The van der Waals surface area contributed by atoms with Gasteiger partial charge >= 0.3 is 0 Å². The van der Waals surface area contributed by atoms with E-state index in [0.29, 0.717) is 17.5 Å². The van der Waals surface area contributed by atoms with Crippen molar-refractivity contribution >= 4 is 102 Å². The van der Waals surface area contributed by atoms with Crippen molar-refractivity contribution in [3.63, 3.8) is 0 Å². The Hall–Kier alpha value is -7.93. The lowest BCUT2D eigenvalue weighted by molar-refractivity contribution is 1.07. The fraction of sp³-hybridized carbons (Fsp3) is 0. The molecule has 14 rings (SSSR count). The van der Waals surface area contributed by atoms with E-state index >= 15 is 0 Å². The number of benzene rings is 9. The molecule has 0 aliphatic heterocycles. The van der Waals surface area contributed by atoms with Crippen molar-refractivity contribution in [2.45, 2.75) is 0 Å². The smallest absolute Gasteiger partial charge is 0.164 e. The third kappa shape index (κ3) is 4.62. The summed E-state index contributed by atoms with van der Waals surface area (Å²) in [6.45, 7) is 0. The molecule has 0 aliphatic rings. The molecule has 0 unspecified atom stereocenters. The molecule has 5 heterocycles. The maximum absolute atomic E-state index is 5.23. The molecule has 0 fully saturated rings. The van der Waals surface area contributed by atoms with Gasteiger partial charge in [0.1, 0.15) is 0 Å². The number of hydrogen-bond acceptors (Lipinski definition) is 4. The van der Waals surface area contributed by atoms with Crippen molar-refractivity contribution in [1.82, 2.24) is 23.9 Å². The van der Waals surface area contributed by atoms with Gasteiger partial charge in [0, 0.05) is 69.2 Å². The van der Waals surface area contributed by atoms with E-state index in [4.69, 9.17) is 15.0 Å². The zero-order valence-electron chi connectivity index (χ0n) is 32.5. The first-order valence-electron chi connectivity index (χ1n) is 20.6. The molecule has 0 N–H and O–H groups in total. The summed E-state index contributed by atoms with van der Waals surface area (Å²) in [6, 6.07) is 67.7. The minimum Gasteiger partial charge on any atom is -0.308 e. The predicted molar refractivity (Wildman–Crippen MR) is 256 cm³/mol. The standard InChI is InChI=1S/C55H31N5S/c1-3-15-33(16-4-1)53-56-54(34-17-5-2-6-18-34)58-55(57-53)35-28-47(51-40-21-10-12-25-48(40)61-49(51)29-35)59-44-27-26-32-14-7-8-19-36(32)50(44)42-30-41-39-23-13-22-38-37-20-9-11-24-43(37)60(52(38)39)45(41)31-46(42)59/h1-31H. The summed E-state index contributed by atoms with van der Waals surface area (Å²) in [6.07, 6.45) is 0. The lowest BCUT2D eigenvalue weighted by Crippen LogP contribution is -2.01. The Labute approximate surface area is 352 Å². The van der Waals surface area contributed by atoms with Crippen LogP contribution in [-0.2, 0) is 0 Å². The summed E-state index contributed by atoms with van der Waals surface area (Å²) in [5.74, 6) is 1.93. The Morgan fingerprint density at radius 2 is 0.967 bits per heavy atom.